The number of H-pyrrole nitrogens is 1. The van der Waals surface area contributed by atoms with Crippen molar-refractivity contribution in [3.05, 3.63) is 27.7 Å². The number of fused-ring (bicyclic) bond motifs is 1. The van der Waals surface area contributed by atoms with Crippen molar-refractivity contribution in [3.8, 4) is 0 Å². The number of rotatable bonds is 0. The molecular formula is C8H7IN2. The summed E-state index contributed by atoms with van der Waals surface area (Å²) in [5.41, 5.74) is 2.37. The maximum absolute atomic E-state index is 4.23. The summed E-state index contributed by atoms with van der Waals surface area (Å²) in [6, 6.07) is 2.08. The molecule has 0 saturated carbocycles. The molecule has 0 atom stereocenters. The summed E-state index contributed by atoms with van der Waals surface area (Å²) < 4.78 is 1.04. The van der Waals surface area contributed by atoms with Crippen LogP contribution in [0.2, 0.25) is 0 Å². The quantitative estimate of drug-likeness (QED) is 0.570. The van der Waals surface area contributed by atoms with Crippen LogP contribution in [0, 0.1) is 10.6 Å². The molecule has 2 nitrogen and oxygen atoms in total. The third-order valence-electron chi connectivity index (χ3n) is 1.75. The largest absolute Gasteiger partial charge is 0.359 e. The third-order valence-corrected chi connectivity index (χ3v) is 2.57. The summed E-state index contributed by atoms with van der Waals surface area (Å²) >= 11 is 2.23. The average Bonchev–Trinajstić information content (AvgIpc) is 2.45. The van der Waals surface area contributed by atoms with Crippen LogP contribution in [0.15, 0.2) is 18.5 Å². The van der Waals surface area contributed by atoms with Crippen LogP contribution < -0.4 is 0 Å². The average molecular weight is 258 g/mol. The second kappa shape index (κ2) is 2.48. The van der Waals surface area contributed by atoms with Crippen molar-refractivity contribution in [2.24, 2.45) is 0 Å². The number of pyridine rings is 1. The summed E-state index contributed by atoms with van der Waals surface area (Å²) in [4.78, 5) is 7.39. The van der Waals surface area contributed by atoms with Crippen LogP contribution in [0.5, 0.6) is 0 Å². The predicted molar refractivity (Wildman–Crippen MR) is 53.5 cm³/mol. The minimum absolute atomic E-state index is 1.04. The highest BCUT2D eigenvalue weighted by atomic mass is 127. The Bertz CT molecular complexity index is 356. The van der Waals surface area contributed by atoms with E-state index in [1.807, 2.05) is 12.4 Å². The molecular weight excluding hydrogens is 251 g/mol. The fourth-order valence-electron chi connectivity index (χ4n) is 1.16. The van der Waals surface area contributed by atoms with E-state index in [4.69, 9.17) is 0 Å². The van der Waals surface area contributed by atoms with Crippen LogP contribution in [0.1, 0.15) is 5.56 Å². The summed E-state index contributed by atoms with van der Waals surface area (Å²) in [6.07, 6.45) is 3.85. The number of nitrogens with zero attached hydrogens (tertiary/aromatic N) is 1. The Morgan fingerprint density at radius 3 is 3.09 bits per heavy atom. The highest BCUT2D eigenvalue weighted by Gasteiger charge is 2.01. The zero-order chi connectivity index (χ0) is 7.84. The third kappa shape index (κ3) is 1.03. The number of nitrogens with one attached hydrogen (secondary N) is 1. The number of halogens is 1. The molecule has 1 N–H and O–H groups in total. The Morgan fingerprint density at radius 1 is 1.55 bits per heavy atom. The van der Waals surface area contributed by atoms with Gasteiger partial charge in [-0.1, -0.05) is 0 Å². The molecule has 0 aromatic carbocycles. The fraction of sp³-hybridized carbons (Fsp3) is 0.125. The molecule has 56 valence electrons. The lowest BCUT2D eigenvalue weighted by Gasteiger charge is -1.95. The van der Waals surface area contributed by atoms with Crippen LogP contribution in [0.3, 0.4) is 0 Å². The molecule has 11 heavy (non-hydrogen) atoms. The molecule has 0 spiro atoms. The topological polar surface area (TPSA) is 28.7 Å². The minimum Gasteiger partial charge on any atom is -0.359 e. The molecule has 2 aromatic heterocycles. The van der Waals surface area contributed by atoms with Crippen LogP contribution in [0.4, 0.5) is 0 Å². The van der Waals surface area contributed by atoms with E-state index in [0.717, 1.165) is 9.22 Å². The van der Waals surface area contributed by atoms with Gasteiger partial charge in [-0.15, -0.1) is 0 Å². The monoisotopic (exact) mass is 258 g/mol. The Morgan fingerprint density at radius 2 is 2.36 bits per heavy atom. The minimum atomic E-state index is 1.04. The number of aromatic nitrogens is 2. The molecule has 2 heterocycles. The van der Waals surface area contributed by atoms with E-state index in [1.54, 1.807) is 0 Å². The molecule has 2 aromatic rings. The first-order chi connectivity index (χ1) is 5.29. The van der Waals surface area contributed by atoms with Gasteiger partial charge in [0.25, 0.3) is 0 Å². The Labute approximate surface area is 78.2 Å². The molecule has 0 radical (unpaired) electrons. The van der Waals surface area contributed by atoms with Gasteiger partial charge in [0.15, 0.2) is 0 Å². The van der Waals surface area contributed by atoms with Crippen molar-refractivity contribution < 1.29 is 0 Å². The predicted octanol–water partition coefficient (Wildman–Crippen LogP) is 2.48. The standard InChI is InChI=1S/C8H7IN2/c1-5-4-11-8(9)7-6(5)2-3-10-7/h2-4,10H,1H3. The normalized spacial score (nSPS) is 10.7. The van der Waals surface area contributed by atoms with E-state index in [9.17, 15) is 0 Å². The van der Waals surface area contributed by atoms with Crippen molar-refractivity contribution >= 4 is 33.5 Å². The molecule has 0 aliphatic carbocycles. The Kier molecular flexibility index (Phi) is 1.60. The summed E-state index contributed by atoms with van der Waals surface area (Å²) in [5, 5.41) is 1.27. The lowest BCUT2D eigenvalue weighted by molar-refractivity contribution is 1.25. The van der Waals surface area contributed by atoms with Crippen LogP contribution >= 0.6 is 22.6 Å². The lowest BCUT2D eigenvalue weighted by atomic mass is 10.2. The molecule has 0 aliphatic heterocycles. The van der Waals surface area contributed by atoms with Gasteiger partial charge in [0.2, 0.25) is 0 Å². The number of hydrogen-bond acceptors (Lipinski definition) is 1. The van der Waals surface area contributed by atoms with Gasteiger partial charge >= 0.3 is 0 Å². The lowest BCUT2D eigenvalue weighted by Crippen LogP contribution is -1.84. The van der Waals surface area contributed by atoms with E-state index in [0.29, 0.717) is 0 Å². The van der Waals surface area contributed by atoms with Gasteiger partial charge in [0.1, 0.15) is 3.70 Å². The molecule has 0 amide bonds. The SMILES string of the molecule is Cc1cnc(I)c2[nH]ccc12. The summed E-state index contributed by atoms with van der Waals surface area (Å²) in [7, 11) is 0. The molecule has 0 bridgehead atoms. The van der Waals surface area contributed by atoms with Crippen molar-refractivity contribution in [2.45, 2.75) is 6.92 Å². The zero-order valence-corrected chi connectivity index (χ0v) is 8.21. The van der Waals surface area contributed by atoms with E-state index in [1.165, 1.54) is 10.9 Å². The van der Waals surface area contributed by atoms with E-state index >= 15 is 0 Å². The van der Waals surface area contributed by atoms with Crippen molar-refractivity contribution in [2.75, 3.05) is 0 Å². The molecule has 2 rings (SSSR count). The first-order valence-corrected chi connectivity index (χ1v) is 4.45. The second-order valence-electron chi connectivity index (χ2n) is 2.50. The highest BCUT2D eigenvalue weighted by Crippen LogP contribution is 2.19. The van der Waals surface area contributed by atoms with Crippen LogP contribution in [-0.4, -0.2) is 9.97 Å². The molecule has 0 saturated heterocycles. The zero-order valence-electron chi connectivity index (χ0n) is 6.06. The van der Waals surface area contributed by atoms with Gasteiger partial charge < -0.3 is 4.98 Å². The van der Waals surface area contributed by atoms with E-state index in [-0.39, 0.29) is 0 Å². The first kappa shape index (κ1) is 7.09. The summed E-state index contributed by atoms with van der Waals surface area (Å²) in [6.45, 7) is 2.07. The van der Waals surface area contributed by atoms with Crippen molar-refractivity contribution in [1.82, 2.24) is 9.97 Å². The van der Waals surface area contributed by atoms with E-state index < -0.39 is 0 Å². The number of aromatic amines is 1. The van der Waals surface area contributed by atoms with Gasteiger partial charge in [-0.05, 0) is 41.1 Å². The maximum Gasteiger partial charge on any atom is 0.125 e. The van der Waals surface area contributed by atoms with Crippen LogP contribution in [0.25, 0.3) is 10.9 Å². The number of hydrogen-bond donors (Lipinski definition) is 1. The highest BCUT2D eigenvalue weighted by molar-refractivity contribution is 14.1. The van der Waals surface area contributed by atoms with Crippen molar-refractivity contribution in [3.63, 3.8) is 0 Å². The van der Waals surface area contributed by atoms with Gasteiger partial charge in [-0.25, -0.2) is 4.98 Å². The summed E-state index contributed by atoms with van der Waals surface area (Å²) in [5.74, 6) is 0. The van der Waals surface area contributed by atoms with Gasteiger partial charge in [-0.3, -0.25) is 0 Å². The smallest absolute Gasteiger partial charge is 0.125 e. The second-order valence-corrected chi connectivity index (χ2v) is 3.52. The Hall–Kier alpha value is -0.580. The number of aryl methyl sites for hydroxylation is 1. The van der Waals surface area contributed by atoms with Gasteiger partial charge in [0, 0.05) is 17.8 Å². The molecule has 3 heteroatoms. The van der Waals surface area contributed by atoms with Gasteiger partial charge in [-0.2, -0.15) is 0 Å². The fourth-order valence-corrected chi connectivity index (χ4v) is 1.74. The van der Waals surface area contributed by atoms with E-state index in [2.05, 4.69) is 45.5 Å². The van der Waals surface area contributed by atoms with Gasteiger partial charge in [0.05, 0.1) is 5.52 Å². The molecule has 0 aliphatic rings. The molecule has 0 fully saturated rings. The Balaban J connectivity index is 2.96. The maximum atomic E-state index is 4.23. The first-order valence-electron chi connectivity index (χ1n) is 3.37. The van der Waals surface area contributed by atoms with Crippen LogP contribution in [-0.2, 0) is 0 Å². The molecule has 0 unspecified atom stereocenters. The van der Waals surface area contributed by atoms with Crippen molar-refractivity contribution in [1.29, 1.82) is 0 Å².